The van der Waals surface area contributed by atoms with Gasteiger partial charge in [-0.05, 0) is 35.9 Å². The Hall–Kier alpha value is -3.22. The molecule has 7 nitrogen and oxygen atoms in total. The van der Waals surface area contributed by atoms with E-state index in [0.29, 0.717) is 35.0 Å². The van der Waals surface area contributed by atoms with E-state index in [2.05, 4.69) is 10.6 Å². The molecule has 0 aliphatic carbocycles. The number of hydrogen-bond acceptors (Lipinski definition) is 5. The normalized spacial score (nSPS) is 11.8. The highest BCUT2D eigenvalue weighted by Crippen LogP contribution is 2.32. The first kappa shape index (κ1) is 16.6. The first-order valence-corrected chi connectivity index (χ1v) is 7.69. The lowest BCUT2D eigenvalue weighted by atomic mass is 10.1. The molecular formula is C18H18N2O5. The van der Waals surface area contributed by atoms with Gasteiger partial charge in [-0.3, -0.25) is 9.59 Å². The standard InChI is InChI=1S/C18H18N2O5/c1-11(21)20-14-7-12(3-5-15(14)23-2)9-19-18(22)13-4-6-16-17(8-13)25-10-24-16/h3-8H,9-10H2,1-2H3,(H,19,22)(H,20,21). The van der Waals surface area contributed by atoms with Crippen LogP contribution >= 0.6 is 0 Å². The molecule has 1 aliphatic heterocycles. The Bertz CT molecular complexity index is 819. The number of hydrogen-bond donors (Lipinski definition) is 2. The molecule has 0 spiro atoms. The van der Waals surface area contributed by atoms with Crippen molar-refractivity contribution in [1.29, 1.82) is 0 Å². The number of rotatable bonds is 5. The molecule has 0 radical (unpaired) electrons. The van der Waals surface area contributed by atoms with Gasteiger partial charge in [-0.2, -0.15) is 0 Å². The van der Waals surface area contributed by atoms with Crippen LogP contribution in [0.5, 0.6) is 17.2 Å². The van der Waals surface area contributed by atoms with E-state index in [0.717, 1.165) is 5.56 Å². The van der Waals surface area contributed by atoms with Gasteiger partial charge in [0, 0.05) is 19.0 Å². The number of nitrogens with one attached hydrogen (secondary N) is 2. The number of carbonyl (C=O) groups is 2. The molecule has 1 heterocycles. The van der Waals surface area contributed by atoms with Crippen molar-refractivity contribution in [3.63, 3.8) is 0 Å². The molecule has 0 fully saturated rings. The zero-order chi connectivity index (χ0) is 17.8. The van der Waals surface area contributed by atoms with Crippen LogP contribution in [0.15, 0.2) is 36.4 Å². The Kier molecular flexibility index (Phi) is 4.74. The first-order chi connectivity index (χ1) is 12.1. The van der Waals surface area contributed by atoms with Gasteiger partial charge in [0.25, 0.3) is 5.91 Å². The lowest BCUT2D eigenvalue weighted by molar-refractivity contribution is -0.114. The summed E-state index contributed by atoms with van der Waals surface area (Å²) in [5.74, 6) is 1.33. The van der Waals surface area contributed by atoms with E-state index in [1.54, 1.807) is 30.3 Å². The molecule has 2 amide bonds. The second kappa shape index (κ2) is 7.12. The van der Waals surface area contributed by atoms with Crippen LogP contribution < -0.4 is 24.8 Å². The molecule has 7 heteroatoms. The molecule has 0 unspecified atom stereocenters. The Morgan fingerprint density at radius 2 is 1.92 bits per heavy atom. The van der Waals surface area contributed by atoms with Gasteiger partial charge in [-0.1, -0.05) is 6.07 Å². The molecule has 2 aromatic rings. The molecule has 2 N–H and O–H groups in total. The van der Waals surface area contributed by atoms with Gasteiger partial charge in [0.2, 0.25) is 12.7 Å². The highest BCUT2D eigenvalue weighted by molar-refractivity contribution is 5.95. The monoisotopic (exact) mass is 342 g/mol. The van der Waals surface area contributed by atoms with Gasteiger partial charge in [-0.25, -0.2) is 0 Å². The average molecular weight is 342 g/mol. The summed E-state index contributed by atoms with van der Waals surface area (Å²) in [6.07, 6.45) is 0. The van der Waals surface area contributed by atoms with Crippen LogP contribution in [0.1, 0.15) is 22.8 Å². The summed E-state index contributed by atoms with van der Waals surface area (Å²) in [6.45, 7) is 1.90. The average Bonchev–Trinajstić information content (AvgIpc) is 3.07. The molecule has 3 rings (SSSR count). The molecule has 0 bridgehead atoms. The number of carbonyl (C=O) groups excluding carboxylic acids is 2. The van der Waals surface area contributed by atoms with Crippen molar-refractivity contribution in [2.45, 2.75) is 13.5 Å². The number of fused-ring (bicyclic) bond motifs is 1. The van der Waals surface area contributed by atoms with E-state index in [4.69, 9.17) is 14.2 Å². The van der Waals surface area contributed by atoms with Crippen molar-refractivity contribution in [1.82, 2.24) is 5.32 Å². The maximum absolute atomic E-state index is 12.3. The van der Waals surface area contributed by atoms with Gasteiger partial charge in [0.1, 0.15) is 5.75 Å². The maximum atomic E-state index is 12.3. The van der Waals surface area contributed by atoms with E-state index in [1.165, 1.54) is 14.0 Å². The van der Waals surface area contributed by atoms with Crippen molar-refractivity contribution < 1.29 is 23.8 Å². The number of benzene rings is 2. The first-order valence-electron chi connectivity index (χ1n) is 7.69. The minimum Gasteiger partial charge on any atom is -0.495 e. The summed E-state index contributed by atoms with van der Waals surface area (Å²) in [6, 6.07) is 10.4. The second-order valence-electron chi connectivity index (χ2n) is 5.47. The highest BCUT2D eigenvalue weighted by Gasteiger charge is 2.16. The zero-order valence-electron chi connectivity index (χ0n) is 13.9. The van der Waals surface area contributed by atoms with Crippen LogP contribution in [0.25, 0.3) is 0 Å². The Balaban J connectivity index is 1.68. The summed E-state index contributed by atoms with van der Waals surface area (Å²) in [5, 5.41) is 5.54. The summed E-state index contributed by atoms with van der Waals surface area (Å²) < 4.78 is 15.7. The van der Waals surface area contributed by atoms with E-state index < -0.39 is 0 Å². The van der Waals surface area contributed by atoms with Gasteiger partial charge in [0.05, 0.1) is 12.8 Å². The van der Waals surface area contributed by atoms with Crippen molar-refractivity contribution in [2.75, 3.05) is 19.2 Å². The topological polar surface area (TPSA) is 85.9 Å². The van der Waals surface area contributed by atoms with E-state index in [9.17, 15) is 9.59 Å². The SMILES string of the molecule is COc1ccc(CNC(=O)c2ccc3c(c2)OCO3)cc1NC(C)=O. The molecular weight excluding hydrogens is 324 g/mol. The van der Waals surface area contributed by atoms with Crippen LogP contribution in [0.4, 0.5) is 5.69 Å². The molecule has 130 valence electrons. The predicted octanol–water partition coefficient (Wildman–Crippen LogP) is 2.31. The Labute approximate surface area is 144 Å². The van der Waals surface area contributed by atoms with Crippen molar-refractivity contribution >= 4 is 17.5 Å². The van der Waals surface area contributed by atoms with E-state index in [-0.39, 0.29) is 18.6 Å². The van der Waals surface area contributed by atoms with Gasteiger partial charge in [0.15, 0.2) is 11.5 Å². The minimum absolute atomic E-state index is 0.165. The largest absolute Gasteiger partial charge is 0.495 e. The van der Waals surface area contributed by atoms with Crippen LogP contribution in [-0.2, 0) is 11.3 Å². The zero-order valence-corrected chi connectivity index (χ0v) is 13.9. The second-order valence-corrected chi connectivity index (χ2v) is 5.47. The summed E-state index contributed by atoms with van der Waals surface area (Å²) in [4.78, 5) is 23.6. The lowest BCUT2D eigenvalue weighted by Gasteiger charge is -2.12. The van der Waals surface area contributed by atoms with Crippen molar-refractivity contribution in [3.8, 4) is 17.2 Å². The lowest BCUT2D eigenvalue weighted by Crippen LogP contribution is -2.22. The molecule has 0 aromatic heterocycles. The van der Waals surface area contributed by atoms with Crippen LogP contribution in [0.3, 0.4) is 0 Å². The molecule has 0 saturated heterocycles. The molecule has 25 heavy (non-hydrogen) atoms. The third-order valence-corrected chi connectivity index (χ3v) is 3.66. The van der Waals surface area contributed by atoms with Crippen molar-refractivity contribution in [2.24, 2.45) is 0 Å². The smallest absolute Gasteiger partial charge is 0.251 e. The molecule has 1 aliphatic rings. The van der Waals surface area contributed by atoms with Gasteiger partial charge < -0.3 is 24.8 Å². The van der Waals surface area contributed by atoms with E-state index in [1.807, 2.05) is 6.07 Å². The van der Waals surface area contributed by atoms with Crippen molar-refractivity contribution in [3.05, 3.63) is 47.5 Å². The number of anilines is 1. The fourth-order valence-corrected chi connectivity index (χ4v) is 2.47. The fraction of sp³-hybridized carbons (Fsp3) is 0.222. The van der Waals surface area contributed by atoms with Crippen LogP contribution in [0, 0.1) is 0 Å². The minimum atomic E-state index is -0.227. The van der Waals surface area contributed by atoms with Crippen LogP contribution in [-0.4, -0.2) is 25.7 Å². The maximum Gasteiger partial charge on any atom is 0.251 e. The number of amides is 2. The van der Waals surface area contributed by atoms with E-state index >= 15 is 0 Å². The third-order valence-electron chi connectivity index (χ3n) is 3.66. The Morgan fingerprint density at radius 3 is 2.68 bits per heavy atom. The fourth-order valence-electron chi connectivity index (χ4n) is 2.47. The highest BCUT2D eigenvalue weighted by atomic mass is 16.7. The summed E-state index contributed by atoms with van der Waals surface area (Å²) in [7, 11) is 1.53. The molecule has 2 aromatic carbocycles. The summed E-state index contributed by atoms with van der Waals surface area (Å²) in [5.41, 5.74) is 1.88. The van der Waals surface area contributed by atoms with Crippen LogP contribution in [0.2, 0.25) is 0 Å². The molecule has 0 saturated carbocycles. The third kappa shape index (κ3) is 3.82. The predicted molar refractivity (Wildman–Crippen MR) is 91.0 cm³/mol. The van der Waals surface area contributed by atoms with Gasteiger partial charge in [-0.15, -0.1) is 0 Å². The molecule has 0 atom stereocenters. The summed E-state index contributed by atoms with van der Waals surface area (Å²) >= 11 is 0. The quantitative estimate of drug-likeness (QED) is 0.871. The van der Waals surface area contributed by atoms with Gasteiger partial charge >= 0.3 is 0 Å². The number of ether oxygens (including phenoxy) is 3. The Morgan fingerprint density at radius 1 is 1.12 bits per heavy atom. The number of methoxy groups -OCH3 is 1.